The number of hydrogen-bond acceptors (Lipinski definition) is 3. The predicted molar refractivity (Wildman–Crippen MR) is 149 cm³/mol. The Balaban J connectivity index is 1.99. The molecule has 1 heterocycles. The van der Waals surface area contributed by atoms with Crippen molar-refractivity contribution < 1.29 is 24.5 Å². The first kappa shape index (κ1) is 24.0. The van der Waals surface area contributed by atoms with Crippen LogP contribution in [-0.2, 0) is 0 Å². The van der Waals surface area contributed by atoms with E-state index in [1.165, 1.54) is 0 Å². The Labute approximate surface area is 226 Å². The number of rotatable bonds is 3. The molecule has 0 aliphatic carbocycles. The van der Waals surface area contributed by atoms with Gasteiger partial charge in [-0.1, -0.05) is 78.3 Å². The number of carbonyl (C=O) groups is 2. The monoisotopic (exact) mass is 540 g/mol. The van der Waals surface area contributed by atoms with Crippen LogP contribution in [0, 0.1) is 6.92 Å². The molecule has 0 spiro atoms. The lowest BCUT2D eigenvalue weighted by molar-refractivity contribution is 0.0681. The van der Waals surface area contributed by atoms with E-state index in [9.17, 15) is 19.8 Å². The van der Waals surface area contributed by atoms with Crippen molar-refractivity contribution in [2.45, 2.75) is 6.92 Å². The second kappa shape index (κ2) is 8.62. The van der Waals surface area contributed by atoms with Crippen LogP contribution in [0.3, 0.4) is 0 Å². The predicted octanol–water partition coefficient (Wildman–Crippen LogP) is 6.77. The molecule has 7 heteroatoms. The minimum atomic E-state index is -1.33. The maximum atomic E-state index is 12.6. The third-order valence-corrected chi connectivity index (χ3v) is 7.63. The van der Waals surface area contributed by atoms with E-state index < -0.39 is 11.9 Å². The molecule has 5 aromatic rings. The SMILES string of the molecule is C=c1cc2c(c3ccccc13)=C(c1c(Cl)c(C(=O)O)cc(Cl)c1C(=O)O)c1c(cc(C)c3ccccc13)O2. The van der Waals surface area contributed by atoms with Crippen LogP contribution >= 0.6 is 23.2 Å². The van der Waals surface area contributed by atoms with Crippen LogP contribution in [0.15, 0.2) is 66.7 Å². The highest BCUT2D eigenvalue weighted by Gasteiger charge is 2.32. The first-order valence-electron chi connectivity index (χ1n) is 11.6. The highest BCUT2D eigenvalue weighted by Crippen LogP contribution is 2.46. The van der Waals surface area contributed by atoms with Gasteiger partial charge < -0.3 is 14.9 Å². The first-order valence-corrected chi connectivity index (χ1v) is 12.4. The number of carboxylic acid groups (broad SMARTS) is 2. The van der Waals surface area contributed by atoms with E-state index >= 15 is 0 Å². The topological polar surface area (TPSA) is 83.8 Å². The minimum absolute atomic E-state index is 0.0193. The van der Waals surface area contributed by atoms with E-state index in [-0.39, 0.29) is 26.7 Å². The highest BCUT2D eigenvalue weighted by atomic mass is 35.5. The van der Waals surface area contributed by atoms with E-state index in [0.717, 1.165) is 38.4 Å². The average molecular weight is 541 g/mol. The Hall–Kier alpha value is -4.32. The van der Waals surface area contributed by atoms with Crippen LogP contribution in [0.4, 0.5) is 0 Å². The molecule has 186 valence electrons. The number of ether oxygens (including phenoxy) is 1. The average Bonchev–Trinajstić information content (AvgIpc) is 2.88. The molecule has 1 aliphatic rings. The molecule has 6 rings (SSSR count). The van der Waals surface area contributed by atoms with Crippen LogP contribution in [0.2, 0.25) is 10.0 Å². The van der Waals surface area contributed by atoms with E-state index in [2.05, 4.69) is 6.58 Å². The van der Waals surface area contributed by atoms with Crippen LogP contribution in [0.25, 0.3) is 33.7 Å². The number of fused-ring (bicyclic) bond motifs is 6. The number of aromatic carboxylic acids is 2. The summed E-state index contributed by atoms with van der Waals surface area (Å²) in [4.78, 5) is 24.8. The van der Waals surface area contributed by atoms with E-state index in [0.29, 0.717) is 27.9 Å². The van der Waals surface area contributed by atoms with E-state index in [4.69, 9.17) is 27.9 Å². The molecule has 0 radical (unpaired) electrons. The Morgan fingerprint density at radius 3 is 2.08 bits per heavy atom. The third kappa shape index (κ3) is 3.40. The molecule has 0 amide bonds. The van der Waals surface area contributed by atoms with Gasteiger partial charge in [0.25, 0.3) is 0 Å². The highest BCUT2D eigenvalue weighted by molar-refractivity contribution is 6.40. The van der Waals surface area contributed by atoms with Crippen molar-refractivity contribution in [3.8, 4) is 11.5 Å². The normalized spacial score (nSPS) is 12.2. The fourth-order valence-electron chi connectivity index (χ4n) is 5.34. The largest absolute Gasteiger partial charge is 0.478 e. The Kier molecular flexibility index (Phi) is 5.45. The van der Waals surface area contributed by atoms with Gasteiger partial charge in [-0.05, 0) is 57.4 Å². The summed E-state index contributed by atoms with van der Waals surface area (Å²) in [6, 6.07) is 20.0. The van der Waals surface area contributed by atoms with Crippen molar-refractivity contribution in [1.82, 2.24) is 0 Å². The molecular formula is C31H18Cl2O5. The van der Waals surface area contributed by atoms with Crippen LogP contribution in [0.1, 0.15) is 37.4 Å². The third-order valence-electron chi connectivity index (χ3n) is 6.94. The number of aryl methyl sites for hydroxylation is 1. The lowest BCUT2D eigenvalue weighted by atomic mass is 9.84. The lowest BCUT2D eigenvalue weighted by Crippen LogP contribution is -2.23. The van der Waals surface area contributed by atoms with Crippen LogP contribution < -0.4 is 15.2 Å². The van der Waals surface area contributed by atoms with Crippen molar-refractivity contribution in [3.63, 3.8) is 0 Å². The molecule has 38 heavy (non-hydrogen) atoms. The molecule has 0 saturated heterocycles. The Bertz CT molecular complexity index is 2010. The molecule has 2 N–H and O–H groups in total. The summed E-state index contributed by atoms with van der Waals surface area (Å²) in [5, 5.41) is 24.4. The van der Waals surface area contributed by atoms with Crippen LogP contribution in [0.5, 0.6) is 11.5 Å². The smallest absolute Gasteiger partial charge is 0.337 e. The van der Waals surface area contributed by atoms with Crippen molar-refractivity contribution in [2.75, 3.05) is 0 Å². The van der Waals surface area contributed by atoms with Gasteiger partial charge in [-0.3, -0.25) is 0 Å². The van der Waals surface area contributed by atoms with Gasteiger partial charge in [0, 0.05) is 21.9 Å². The number of halogens is 2. The van der Waals surface area contributed by atoms with Gasteiger partial charge in [-0.15, -0.1) is 0 Å². The zero-order valence-corrected chi connectivity index (χ0v) is 21.4. The molecule has 0 aromatic heterocycles. The first-order chi connectivity index (χ1) is 18.2. The summed E-state index contributed by atoms with van der Waals surface area (Å²) in [7, 11) is 0. The summed E-state index contributed by atoms with van der Waals surface area (Å²) in [5.41, 5.74) is 1.42. The zero-order valence-electron chi connectivity index (χ0n) is 19.9. The van der Waals surface area contributed by atoms with Gasteiger partial charge >= 0.3 is 11.9 Å². The van der Waals surface area contributed by atoms with Gasteiger partial charge in [-0.2, -0.15) is 0 Å². The molecule has 5 nitrogen and oxygen atoms in total. The fourth-order valence-corrected chi connectivity index (χ4v) is 5.95. The lowest BCUT2D eigenvalue weighted by Gasteiger charge is -2.26. The molecule has 0 fully saturated rings. The Morgan fingerprint density at radius 2 is 1.42 bits per heavy atom. The van der Waals surface area contributed by atoms with E-state index in [1.54, 1.807) is 6.07 Å². The summed E-state index contributed by atoms with van der Waals surface area (Å²) in [6.07, 6.45) is 0. The van der Waals surface area contributed by atoms with E-state index in [1.807, 2.05) is 61.5 Å². The summed E-state index contributed by atoms with van der Waals surface area (Å²) in [6.45, 7) is 6.15. The molecule has 0 saturated carbocycles. The zero-order chi connectivity index (χ0) is 26.9. The number of hydrogen-bond donors (Lipinski definition) is 2. The van der Waals surface area contributed by atoms with Crippen molar-refractivity contribution in [2.24, 2.45) is 0 Å². The number of benzene rings is 5. The van der Waals surface area contributed by atoms with Gasteiger partial charge in [0.15, 0.2) is 0 Å². The second-order valence-corrected chi connectivity index (χ2v) is 9.91. The van der Waals surface area contributed by atoms with Gasteiger partial charge in [0.1, 0.15) is 11.5 Å². The van der Waals surface area contributed by atoms with Crippen molar-refractivity contribution in [3.05, 3.63) is 115 Å². The summed E-state index contributed by atoms with van der Waals surface area (Å²) in [5.74, 6) is -1.71. The van der Waals surface area contributed by atoms with Crippen molar-refractivity contribution in [1.29, 1.82) is 0 Å². The van der Waals surface area contributed by atoms with Gasteiger partial charge in [-0.25, -0.2) is 9.59 Å². The molecule has 0 unspecified atom stereocenters. The maximum absolute atomic E-state index is 12.6. The fraction of sp³-hybridized carbons (Fsp3) is 0.0323. The molecule has 1 aliphatic heterocycles. The molecule has 0 atom stereocenters. The van der Waals surface area contributed by atoms with Gasteiger partial charge in [0.2, 0.25) is 0 Å². The van der Waals surface area contributed by atoms with Crippen LogP contribution in [-0.4, -0.2) is 22.2 Å². The molecular weight excluding hydrogens is 523 g/mol. The maximum Gasteiger partial charge on any atom is 0.337 e. The molecule has 5 aromatic carbocycles. The second-order valence-electron chi connectivity index (χ2n) is 9.12. The minimum Gasteiger partial charge on any atom is -0.478 e. The molecule has 0 bridgehead atoms. The quantitative estimate of drug-likeness (QED) is 0.259. The summed E-state index contributed by atoms with van der Waals surface area (Å²) >= 11 is 13.2. The van der Waals surface area contributed by atoms with Gasteiger partial charge in [0.05, 0.1) is 21.2 Å². The summed E-state index contributed by atoms with van der Waals surface area (Å²) < 4.78 is 6.45. The van der Waals surface area contributed by atoms with Crippen molar-refractivity contribution >= 4 is 68.8 Å². The Morgan fingerprint density at radius 1 is 0.789 bits per heavy atom. The standard InChI is InChI=1S/C31H18Cl2O5/c1-14-11-22-24(18-9-5-3-7-16(14)18)27(25-19-10-6-4-8-17(19)15(2)12-23(25)38-22)28-26(31(36)37)21(32)13-20(29(28)33)30(34)35/h3-13H,1H2,2H3,(H,34,35)(H,36,37). The number of carboxylic acids is 2.